The summed E-state index contributed by atoms with van der Waals surface area (Å²) in [4.78, 5) is 11.9. The molecule has 0 spiro atoms. The van der Waals surface area contributed by atoms with Gasteiger partial charge in [0, 0.05) is 13.0 Å². The summed E-state index contributed by atoms with van der Waals surface area (Å²) in [5, 5.41) is 0. The lowest BCUT2D eigenvalue weighted by atomic mass is 9.69. The number of rotatable bonds is 3. The summed E-state index contributed by atoms with van der Waals surface area (Å²) in [6.45, 7) is 11.2. The molecule has 1 fully saturated rings. The van der Waals surface area contributed by atoms with E-state index in [0.717, 1.165) is 13.0 Å². The summed E-state index contributed by atoms with van der Waals surface area (Å²) in [5.74, 6) is -0.134. The lowest BCUT2D eigenvalue weighted by Gasteiger charge is -2.37. The van der Waals surface area contributed by atoms with Gasteiger partial charge in [0.15, 0.2) is 0 Å². The third kappa shape index (κ3) is 2.71. The second kappa shape index (κ2) is 4.12. The maximum absolute atomic E-state index is 11.9. The van der Waals surface area contributed by atoms with E-state index in [9.17, 15) is 4.79 Å². The van der Waals surface area contributed by atoms with Crippen molar-refractivity contribution in [3.8, 4) is 0 Å². The van der Waals surface area contributed by atoms with Gasteiger partial charge in [0.05, 0.1) is 11.5 Å². The van der Waals surface area contributed by atoms with Crippen molar-refractivity contribution in [1.29, 1.82) is 0 Å². The van der Waals surface area contributed by atoms with Crippen molar-refractivity contribution in [3.63, 3.8) is 0 Å². The van der Waals surface area contributed by atoms with Gasteiger partial charge in [0.25, 0.3) is 0 Å². The number of esters is 1. The van der Waals surface area contributed by atoms with Crippen LogP contribution in [-0.2, 0) is 14.3 Å². The molecule has 0 N–H and O–H groups in total. The van der Waals surface area contributed by atoms with Gasteiger partial charge in [0.1, 0.15) is 6.61 Å². The molecule has 0 aliphatic carbocycles. The lowest BCUT2D eigenvalue weighted by molar-refractivity contribution is -0.170. The van der Waals surface area contributed by atoms with E-state index in [-0.39, 0.29) is 17.5 Å². The van der Waals surface area contributed by atoms with Crippen molar-refractivity contribution >= 4 is 5.97 Å². The Morgan fingerprint density at radius 2 is 1.87 bits per heavy atom. The zero-order valence-corrected chi connectivity index (χ0v) is 10.4. The van der Waals surface area contributed by atoms with Crippen LogP contribution in [0, 0.1) is 10.8 Å². The molecule has 0 amide bonds. The fourth-order valence-corrected chi connectivity index (χ4v) is 1.07. The molecule has 0 aromatic carbocycles. The Bertz CT molecular complexity index is 234. The Hall–Kier alpha value is -0.570. The average Bonchev–Trinajstić information content (AvgIpc) is 1.98. The summed E-state index contributed by atoms with van der Waals surface area (Å²) >= 11 is 0. The van der Waals surface area contributed by atoms with Crippen LogP contribution in [0.15, 0.2) is 0 Å². The maximum atomic E-state index is 11.9. The van der Waals surface area contributed by atoms with E-state index in [4.69, 9.17) is 9.47 Å². The van der Waals surface area contributed by atoms with Crippen LogP contribution in [0.25, 0.3) is 0 Å². The molecule has 1 atom stereocenters. The highest BCUT2D eigenvalue weighted by Crippen LogP contribution is 2.38. The van der Waals surface area contributed by atoms with E-state index < -0.39 is 5.41 Å². The largest absolute Gasteiger partial charge is 0.463 e. The molecular weight excluding hydrogens is 192 g/mol. The molecule has 3 nitrogen and oxygen atoms in total. The number of carbonyl (C=O) groups is 1. The third-order valence-electron chi connectivity index (χ3n) is 3.58. The van der Waals surface area contributed by atoms with Gasteiger partial charge in [-0.1, -0.05) is 20.8 Å². The van der Waals surface area contributed by atoms with Crippen molar-refractivity contribution in [1.82, 2.24) is 0 Å². The van der Waals surface area contributed by atoms with Crippen molar-refractivity contribution in [2.24, 2.45) is 10.8 Å². The molecular formula is C12H22O3. The first-order chi connectivity index (χ1) is 6.75. The Morgan fingerprint density at radius 3 is 2.20 bits per heavy atom. The first kappa shape index (κ1) is 12.5. The normalized spacial score (nSPS) is 22.1. The number of hydrogen-bond acceptors (Lipinski definition) is 3. The average molecular weight is 214 g/mol. The van der Waals surface area contributed by atoms with Gasteiger partial charge in [-0.15, -0.1) is 0 Å². The highest BCUT2D eigenvalue weighted by molar-refractivity contribution is 5.76. The van der Waals surface area contributed by atoms with Crippen molar-refractivity contribution in [3.05, 3.63) is 0 Å². The second-order valence-corrected chi connectivity index (χ2v) is 5.75. The lowest BCUT2D eigenvalue weighted by Crippen LogP contribution is -2.41. The van der Waals surface area contributed by atoms with Crippen LogP contribution in [0.3, 0.4) is 0 Å². The predicted octanol–water partition coefficient (Wildman–Crippen LogP) is 2.39. The minimum Gasteiger partial charge on any atom is -0.463 e. The topological polar surface area (TPSA) is 35.5 Å². The molecule has 1 unspecified atom stereocenters. The Kier molecular flexibility index (Phi) is 3.44. The van der Waals surface area contributed by atoms with E-state index in [1.165, 1.54) is 0 Å². The van der Waals surface area contributed by atoms with Crippen LogP contribution in [0.4, 0.5) is 0 Å². The number of ether oxygens (including phenoxy) is 2. The van der Waals surface area contributed by atoms with E-state index >= 15 is 0 Å². The summed E-state index contributed by atoms with van der Waals surface area (Å²) in [6.07, 6.45) is 1.13. The van der Waals surface area contributed by atoms with E-state index in [0.29, 0.717) is 6.61 Å². The van der Waals surface area contributed by atoms with Crippen LogP contribution < -0.4 is 0 Å². The van der Waals surface area contributed by atoms with Crippen LogP contribution >= 0.6 is 0 Å². The Labute approximate surface area is 92.1 Å². The molecule has 0 saturated carbocycles. The molecule has 1 rings (SSSR count). The van der Waals surface area contributed by atoms with E-state index in [2.05, 4.69) is 0 Å². The van der Waals surface area contributed by atoms with Crippen LogP contribution in [0.2, 0.25) is 0 Å². The smallest absolute Gasteiger partial charge is 0.312 e. The Morgan fingerprint density at radius 1 is 1.33 bits per heavy atom. The SMILES string of the molecule is CC(C)(C)C(C)(C)C(=O)OCC1CCO1. The van der Waals surface area contributed by atoms with Gasteiger partial charge in [-0.05, 0) is 19.3 Å². The molecule has 3 heteroatoms. The number of hydrogen-bond donors (Lipinski definition) is 0. The minimum absolute atomic E-state index is 0.0927. The molecule has 0 radical (unpaired) electrons. The van der Waals surface area contributed by atoms with Gasteiger partial charge >= 0.3 is 5.97 Å². The number of carbonyl (C=O) groups excluding carboxylic acids is 1. The quantitative estimate of drug-likeness (QED) is 0.677. The molecule has 88 valence electrons. The van der Waals surface area contributed by atoms with Crippen molar-refractivity contribution in [2.45, 2.75) is 47.1 Å². The fourth-order valence-electron chi connectivity index (χ4n) is 1.07. The molecule has 1 saturated heterocycles. The first-order valence-corrected chi connectivity index (χ1v) is 5.54. The Balaban J connectivity index is 2.44. The van der Waals surface area contributed by atoms with Crippen molar-refractivity contribution < 1.29 is 14.3 Å². The summed E-state index contributed by atoms with van der Waals surface area (Å²) < 4.78 is 10.5. The minimum atomic E-state index is -0.462. The predicted molar refractivity (Wildman–Crippen MR) is 58.6 cm³/mol. The highest BCUT2D eigenvalue weighted by atomic mass is 16.6. The zero-order chi connectivity index (χ0) is 11.7. The molecule has 1 aliphatic heterocycles. The maximum Gasteiger partial charge on any atom is 0.312 e. The first-order valence-electron chi connectivity index (χ1n) is 5.54. The van der Waals surface area contributed by atoms with E-state index in [1.807, 2.05) is 34.6 Å². The standard InChI is InChI=1S/C12H22O3/c1-11(2,3)12(4,5)10(13)15-8-9-6-7-14-9/h9H,6-8H2,1-5H3. The van der Waals surface area contributed by atoms with Gasteiger partial charge in [-0.25, -0.2) is 0 Å². The second-order valence-electron chi connectivity index (χ2n) is 5.75. The molecule has 1 aliphatic rings. The van der Waals surface area contributed by atoms with Gasteiger partial charge in [0.2, 0.25) is 0 Å². The molecule has 0 aromatic heterocycles. The zero-order valence-electron chi connectivity index (χ0n) is 10.4. The van der Waals surface area contributed by atoms with Gasteiger partial charge in [-0.2, -0.15) is 0 Å². The summed E-state index contributed by atoms with van der Waals surface area (Å²) in [6, 6.07) is 0. The molecule has 0 bridgehead atoms. The molecule has 1 heterocycles. The van der Waals surface area contributed by atoms with Crippen LogP contribution in [-0.4, -0.2) is 25.3 Å². The summed E-state index contributed by atoms with van der Waals surface area (Å²) in [5.41, 5.74) is -0.554. The summed E-state index contributed by atoms with van der Waals surface area (Å²) in [7, 11) is 0. The van der Waals surface area contributed by atoms with Crippen molar-refractivity contribution in [2.75, 3.05) is 13.2 Å². The third-order valence-corrected chi connectivity index (χ3v) is 3.58. The fraction of sp³-hybridized carbons (Fsp3) is 0.917. The molecule has 0 aromatic rings. The molecule has 15 heavy (non-hydrogen) atoms. The highest BCUT2D eigenvalue weighted by Gasteiger charge is 2.41. The van der Waals surface area contributed by atoms with Gasteiger partial charge < -0.3 is 9.47 Å². The van der Waals surface area contributed by atoms with E-state index in [1.54, 1.807) is 0 Å². The van der Waals surface area contributed by atoms with Crippen LogP contribution in [0.5, 0.6) is 0 Å². The van der Waals surface area contributed by atoms with Crippen LogP contribution in [0.1, 0.15) is 41.0 Å². The van der Waals surface area contributed by atoms with Gasteiger partial charge in [-0.3, -0.25) is 4.79 Å². The monoisotopic (exact) mass is 214 g/mol.